The van der Waals surface area contributed by atoms with Crippen LogP contribution in [-0.4, -0.2) is 27.4 Å². The topological polar surface area (TPSA) is 37.7 Å². The molecule has 0 N–H and O–H groups in total. The second-order valence-electron chi connectivity index (χ2n) is 26.2. The maximum Gasteiger partial charge on any atom is 0.252 e. The summed E-state index contributed by atoms with van der Waals surface area (Å²) in [5.41, 5.74) is 16.8. The molecule has 0 fully saturated rings. The van der Waals surface area contributed by atoms with Gasteiger partial charge >= 0.3 is 0 Å². The number of hydrogen-bond donors (Lipinski definition) is 0. The number of furan rings is 2. The average Bonchev–Trinajstić information content (AvgIpc) is 1.07. The first-order valence-electron chi connectivity index (χ1n) is 33.8. The van der Waals surface area contributed by atoms with Crippen LogP contribution in [0.3, 0.4) is 0 Å². The van der Waals surface area contributed by atoms with E-state index < -0.39 is 16.1 Å². The largest absolute Gasteiger partial charge is 0.456 e. The molecule has 0 unspecified atom stereocenters. The van der Waals surface area contributed by atoms with Gasteiger partial charge in [-0.2, -0.15) is 0 Å². The lowest BCUT2D eigenvalue weighted by Crippen LogP contribution is -2.75. The predicted octanol–water partition coefficient (Wildman–Crippen LogP) is 15.4. The lowest BCUT2D eigenvalue weighted by Gasteiger charge is -2.45. The average molecular weight is 1280 g/mol. The van der Waals surface area contributed by atoms with Crippen LogP contribution in [0.25, 0.3) is 71.4 Å². The molecule has 0 spiro atoms. The minimum absolute atomic E-state index is 0.250. The van der Waals surface area contributed by atoms with Gasteiger partial charge in [-0.1, -0.05) is 279 Å². The summed E-state index contributed by atoms with van der Waals surface area (Å²) in [6.45, 7) is -0.250. The third kappa shape index (κ3) is 8.26. The van der Waals surface area contributed by atoms with E-state index >= 15 is 0 Å². The van der Waals surface area contributed by atoms with E-state index in [1.165, 1.54) is 68.7 Å². The van der Waals surface area contributed by atoms with Gasteiger partial charge in [-0.25, -0.2) is 0 Å². The van der Waals surface area contributed by atoms with E-state index in [0.29, 0.717) is 0 Å². The van der Waals surface area contributed by atoms with Crippen molar-refractivity contribution in [3.63, 3.8) is 0 Å². The molecular formula is C90H60BN3O2Si2. The summed E-state index contributed by atoms with van der Waals surface area (Å²) in [5.74, 6) is 0. The number of rotatable bonds is 11. The molecule has 0 aliphatic carbocycles. The summed E-state index contributed by atoms with van der Waals surface area (Å²) in [6, 6.07) is 137. The van der Waals surface area contributed by atoms with Gasteiger partial charge in [-0.15, -0.1) is 0 Å². The van der Waals surface area contributed by atoms with Crippen LogP contribution >= 0.6 is 0 Å². The molecule has 0 amide bonds. The summed E-state index contributed by atoms with van der Waals surface area (Å²) in [4.78, 5) is 5.19. The van der Waals surface area contributed by atoms with E-state index in [2.05, 4.69) is 378 Å². The van der Waals surface area contributed by atoms with Crippen molar-refractivity contribution in [1.82, 2.24) is 4.57 Å². The lowest BCUT2D eigenvalue weighted by atomic mass is 9.33. The highest BCUT2D eigenvalue weighted by atomic mass is 28.3. The van der Waals surface area contributed by atoms with E-state index in [1.807, 2.05) is 0 Å². The molecular weight excluding hydrogens is 1220 g/mol. The molecule has 15 aromatic carbocycles. The number of fused-ring (bicyclic) bond motifs is 13. The minimum atomic E-state index is -3.14. The van der Waals surface area contributed by atoms with Crippen molar-refractivity contribution in [3.05, 3.63) is 364 Å². The van der Waals surface area contributed by atoms with Crippen molar-refractivity contribution in [2.75, 3.05) is 9.80 Å². The predicted molar refractivity (Wildman–Crippen MR) is 417 cm³/mol. The van der Waals surface area contributed by atoms with Gasteiger partial charge in [-0.05, 0) is 131 Å². The van der Waals surface area contributed by atoms with E-state index in [0.717, 1.165) is 94.7 Å². The van der Waals surface area contributed by atoms with Crippen molar-refractivity contribution < 1.29 is 8.83 Å². The van der Waals surface area contributed by atoms with Crippen LogP contribution in [0.4, 0.5) is 34.1 Å². The van der Waals surface area contributed by atoms with Crippen LogP contribution in [0, 0.1) is 0 Å². The smallest absolute Gasteiger partial charge is 0.252 e. The van der Waals surface area contributed by atoms with Crippen LogP contribution < -0.4 is 67.7 Å². The Bertz CT molecular complexity index is 5590. The number of nitrogens with zero attached hydrogens (tertiary/aromatic N) is 3. The molecule has 8 heteroatoms. The fourth-order valence-electron chi connectivity index (χ4n) is 17.2. The maximum absolute atomic E-state index is 6.94. The molecule has 0 radical (unpaired) electrons. The van der Waals surface area contributed by atoms with Gasteiger partial charge in [0.2, 0.25) is 0 Å². The van der Waals surface area contributed by atoms with Crippen LogP contribution in [0.1, 0.15) is 0 Å². The van der Waals surface area contributed by atoms with Gasteiger partial charge < -0.3 is 23.2 Å². The zero-order valence-corrected chi connectivity index (χ0v) is 55.4. The normalized spacial score (nSPS) is 12.8. The second-order valence-corrected chi connectivity index (χ2v) is 33.8. The zero-order valence-electron chi connectivity index (χ0n) is 53.4. The molecule has 2 aliphatic heterocycles. The van der Waals surface area contributed by atoms with Crippen molar-refractivity contribution in [2.24, 2.45) is 0 Å². The monoisotopic (exact) mass is 1280 g/mol. The number of anilines is 6. The van der Waals surface area contributed by atoms with E-state index in [4.69, 9.17) is 8.83 Å². The molecule has 20 rings (SSSR count). The molecule has 5 heterocycles. The lowest BCUT2D eigenvalue weighted by molar-refractivity contribution is 0.668. The molecule has 0 bridgehead atoms. The van der Waals surface area contributed by atoms with Gasteiger partial charge in [-0.3, -0.25) is 0 Å². The summed E-state index contributed by atoms with van der Waals surface area (Å²) in [7, 11) is -6.28. The van der Waals surface area contributed by atoms with E-state index in [-0.39, 0.29) is 6.71 Å². The molecule has 98 heavy (non-hydrogen) atoms. The Hall–Kier alpha value is -12.2. The first kappa shape index (κ1) is 56.2. The molecule has 18 aromatic rings. The summed E-state index contributed by atoms with van der Waals surface area (Å²) < 4.78 is 16.4. The Balaban J connectivity index is 0.953. The van der Waals surface area contributed by atoms with Crippen molar-refractivity contribution in [1.29, 1.82) is 0 Å². The second kappa shape index (κ2) is 22.2. The highest BCUT2D eigenvalue weighted by Crippen LogP contribution is 2.48. The molecule has 0 saturated carbocycles. The molecule has 3 aromatic heterocycles. The quantitative estimate of drug-likeness (QED) is 0.0955. The van der Waals surface area contributed by atoms with Crippen molar-refractivity contribution in [3.8, 4) is 5.69 Å². The summed E-state index contributed by atoms with van der Waals surface area (Å²) >= 11 is 0. The van der Waals surface area contributed by atoms with Crippen LogP contribution in [0.15, 0.2) is 373 Å². The fourth-order valence-corrected chi connectivity index (χ4v) is 26.7. The standard InChI is InChI=1S/C90H60BN3O2Si2/c1-7-27-64(28-8-1)97(65-29-9-2-10-30-65,66-31-11-3-12-32-66)70-49-53-78-82(59-70)92(61-47-51-76-74-41-21-25-45-86(74)95-88(76)57-61)84-55-63(94-80-43-23-19-39-72(80)73-40-20-24-44-81(73)94)56-85-90(84)91(78)79-54-50-71(60-83(79)93(85)62-48-52-77-75-42-22-26-46-87(75)96-89(77)58-62)98(67-33-13-4-14-34-67,68-35-15-5-16-36-68)69-37-17-6-18-38-69/h1-60H. The van der Waals surface area contributed by atoms with Gasteiger partial charge in [0.1, 0.15) is 22.3 Å². The zero-order chi connectivity index (χ0) is 64.5. The van der Waals surface area contributed by atoms with Gasteiger partial charge in [0.25, 0.3) is 6.71 Å². The third-order valence-electron chi connectivity index (χ3n) is 21.2. The van der Waals surface area contributed by atoms with Crippen LogP contribution in [0.5, 0.6) is 0 Å². The van der Waals surface area contributed by atoms with Gasteiger partial charge in [0, 0.05) is 78.6 Å². The van der Waals surface area contributed by atoms with Crippen molar-refractivity contribution >= 4 is 181 Å². The number of benzene rings is 15. The van der Waals surface area contributed by atoms with Crippen LogP contribution in [-0.2, 0) is 0 Å². The van der Waals surface area contributed by atoms with Crippen molar-refractivity contribution in [2.45, 2.75) is 0 Å². The Labute approximate surface area is 569 Å². The van der Waals surface area contributed by atoms with Gasteiger partial charge in [0.05, 0.1) is 16.7 Å². The highest BCUT2D eigenvalue weighted by Gasteiger charge is 2.49. The minimum Gasteiger partial charge on any atom is -0.456 e. The number of hydrogen-bond acceptors (Lipinski definition) is 4. The SMILES string of the molecule is c1ccc([Si](c2ccccc2)(c2ccccc2)c2ccc3c(c2)N(c2ccc4c(c2)oc2ccccc24)c2cc(-n4c5ccccc5c5ccccc54)cc4c2B3c2ccc([Si](c3ccccc3)(c3ccccc3)c3ccccc3)cc2N4c2ccc3c(c2)oc2ccccc23)cc1. The first-order valence-corrected chi connectivity index (χ1v) is 37.8. The first-order chi connectivity index (χ1) is 48.6. The van der Waals surface area contributed by atoms with E-state index in [1.54, 1.807) is 0 Å². The molecule has 0 atom stereocenters. The molecule has 2 aliphatic rings. The van der Waals surface area contributed by atoms with Gasteiger partial charge in [0.15, 0.2) is 16.1 Å². The number of aromatic nitrogens is 1. The molecule has 5 nitrogen and oxygen atoms in total. The Morgan fingerprint density at radius 1 is 0.224 bits per heavy atom. The maximum atomic E-state index is 6.94. The third-order valence-corrected chi connectivity index (χ3v) is 30.8. The highest BCUT2D eigenvalue weighted by molar-refractivity contribution is 7.20. The van der Waals surface area contributed by atoms with E-state index in [9.17, 15) is 0 Å². The Morgan fingerprint density at radius 2 is 0.541 bits per heavy atom. The summed E-state index contributed by atoms with van der Waals surface area (Å²) in [6.07, 6.45) is 0. The Morgan fingerprint density at radius 3 is 0.908 bits per heavy atom. The molecule has 0 saturated heterocycles. The number of para-hydroxylation sites is 4. The summed E-state index contributed by atoms with van der Waals surface area (Å²) in [5, 5.41) is 17.2. The fraction of sp³-hybridized carbons (Fsp3) is 0. The Kier molecular flexibility index (Phi) is 12.7. The molecule has 458 valence electrons. The van der Waals surface area contributed by atoms with Crippen LogP contribution in [0.2, 0.25) is 0 Å².